The fourth-order valence-corrected chi connectivity index (χ4v) is 2.81. The lowest BCUT2D eigenvalue weighted by Crippen LogP contribution is -2.15. The van der Waals surface area contributed by atoms with Crippen molar-refractivity contribution in [3.05, 3.63) is 53.6 Å². The molecule has 0 saturated heterocycles. The average molecular weight is 379 g/mol. The lowest BCUT2D eigenvalue weighted by Gasteiger charge is -2.09. The number of carbonyl (C=O) groups is 2. The third-order valence-corrected chi connectivity index (χ3v) is 4.26. The average Bonchev–Trinajstić information content (AvgIpc) is 2.56. The molecule has 0 aliphatic carbocycles. The van der Waals surface area contributed by atoms with Gasteiger partial charge < -0.3 is 15.4 Å². The molecule has 7 heteroatoms. The number of amides is 2. The second-order valence-electron chi connectivity index (χ2n) is 5.14. The van der Waals surface area contributed by atoms with Crippen LogP contribution in [-0.4, -0.2) is 29.9 Å². The molecule has 0 aliphatic rings. The number of rotatable bonds is 8. The van der Waals surface area contributed by atoms with Crippen LogP contribution in [0.15, 0.2) is 48.5 Å². The standard InChI is InChI=1S/C18H19ClN2O3S/c1-13(22)20-14-5-4-6-15(11-14)21-18(23)12-25-10-9-24-17-8-3-2-7-16(17)19/h2-8,11H,9-10,12H2,1H3,(H,20,22)(H,21,23). The molecule has 0 aromatic heterocycles. The van der Waals surface area contributed by atoms with E-state index in [-0.39, 0.29) is 11.8 Å². The van der Waals surface area contributed by atoms with Gasteiger partial charge in [-0.25, -0.2) is 0 Å². The monoisotopic (exact) mass is 378 g/mol. The molecular formula is C18H19ClN2O3S. The molecule has 2 aromatic carbocycles. The number of carbonyl (C=O) groups excluding carboxylic acids is 2. The van der Waals surface area contributed by atoms with Gasteiger partial charge in [-0.05, 0) is 30.3 Å². The molecule has 0 atom stereocenters. The van der Waals surface area contributed by atoms with Crippen LogP contribution in [0.1, 0.15) is 6.92 Å². The van der Waals surface area contributed by atoms with Gasteiger partial charge >= 0.3 is 0 Å². The zero-order valence-corrected chi connectivity index (χ0v) is 15.3. The molecule has 0 fully saturated rings. The van der Waals surface area contributed by atoms with E-state index in [0.29, 0.717) is 40.3 Å². The van der Waals surface area contributed by atoms with Crippen LogP contribution in [0.2, 0.25) is 5.02 Å². The summed E-state index contributed by atoms with van der Waals surface area (Å²) in [4.78, 5) is 23.0. The Morgan fingerprint density at radius 1 is 1.08 bits per heavy atom. The number of nitrogens with one attached hydrogen (secondary N) is 2. The molecular weight excluding hydrogens is 360 g/mol. The summed E-state index contributed by atoms with van der Waals surface area (Å²) in [6.07, 6.45) is 0. The summed E-state index contributed by atoms with van der Waals surface area (Å²) in [7, 11) is 0. The van der Waals surface area contributed by atoms with Gasteiger partial charge in [-0.3, -0.25) is 9.59 Å². The summed E-state index contributed by atoms with van der Waals surface area (Å²) in [5.41, 5.74) is 1.29. The van der Waals surface area contributed by atoms with E-state index in [1.807, 2.05) is 18.2 Å². The smallest absolute Gasteiger partial charge is 0.234 e. The first-order valence-electron chi connectivity index (χ1n) is 7.67. The number of hydrogen-bond acceptors (Lipinski definition) is 4. The number of halogens is 1. The Kier molecular flexibility index (Phi) is 7.63. The van der Waals surface area contributed by atoms with E-state index in [9.17, 15) is 9.59 Å². The second kappa shape index (κ2) is 9.96. The Balaban J connectivity index is 1.69. The highest BCUT2D eigenvalue weighted by atomic mass is 35.5. The lowest BCUT2D eigenvalue weighted by molar-refractivity contribution is -0.114. The molecule has 0 saturated carbocycles. The summed E-state index contributed by atoms with van der Waals surface area (Å²) in [5.74, 6) is 1.37. The molecule has 0 bridgehead atoms. The van der Waals surface area contributed by atoms with E-state index in [4.69, 9.17) is 16.3 Å². The molecule has 0 radical (unpaired) electrons. The van der Waals surface area contributed by atoms with E-state index in [0.717, 1.165) is 0 Å². The van der Waals surface area contributed by atoms with Gasteiger partial charge in [0, 0.05) is 24.1 Å². The first-order chi connectivity index (χ1) is 12.0. The molecule has 132 valence electrons. The third kappa shape index (κ3) is 7.07. The highest BCUT2D eigenvalue weighted by molar-refractivity contribution is 7.99. The highest BCUT2D eigenvalue weighted by Crippen LogP contribution is 2.23. The van der Waals surface area contributed by atoms with Crippen LogP contribution in [0.3, 0.4) is 0 Å². The summed E-state index contributed by atoms with van der Waals surface area (Å²) >= 11 is 7.47. The van der Waals surface area contributed by atoms with Gasteiger partial charge in [0.2, 0.25) is 11.8 Å². The van der Waals surface area contributed by atoms with E-state index in [1.165, 1.54) is 18.7 Å². The van der Waals surface area contributed by atoms with Gasteiger partial charge in [-0.1, -0.05) is 29.8 Å². The van der Waals surface area contributed by atoms with Crippen LogP contribution < -0.4 is 15.4 Å². The van der Waals surface area contributed by atoms with Crippen molar-refractivity contribution < 1.29 is 14.3 Å². The molecule has 0 spiro atoms. The van der Waals surface area contributed by atoms with Crippen molar-refractivity contribution in [2.75, 3.05) is 28.7 Å². The number of para-hydroxylation sites is 1. The molecule has 2 amide bonds. The van der Waals surface area contributed by atoms with Gasteiger partial charge in [-0.15, -0.1) is 11.8 Å². The summed E-state index contributed by atoms with van der Waals surface area (Å²) in [6.45, 7) is 1.91. The lowest BCUT2D eigenvalue weighted by atomic mass is 10.2. The maximum absolute atomic E-state index is 12.0. The fourth-order valence-electron chi connectivity index (χ4n) is 2.01. The van der Waals surface area contributed by atoms with Crippen molar-refractivity contribution in [2.24, 2.45) is 0 Å². The van der Waals surface area contributed by atoms with Crippen LogP contribution in [-0.2, 0) is 9.59 Å². The minimum absolute atomic E-state index is 0.109. The fraction of sp³-hybridized carbons (Fsp3) is 0.222. The largest absolute Gasteiger partial charge is 0.491 e. The normalized spacial score (nSPS) is 10.2. The van der Waals surface area contributed by atoms with Gasteiger partial charge in [0.15, 0.2) is 0 Å². The zero-order chi connectivity index (χ0) is 18.1. The van der Waals surface area contributed by atoms with Crippen molar-refractivity contribution in [3.63, 3.8) is 0 Å². The van der Waals surface area contributed by atoms with E-state index < -0.39 is 0 Å². The number of anilines is 2. The number of hydrogen-bond donors (Lipinski definition) is 2. The molecule has 25 heavy (non-hydrogen) atoms. The first-order valence-corrected chi connectivity index (χ1v) is 9.20. The van der Waals surface area contributed by atoms with Crippen molar-refractivity contribution in [2.45, 2.75) is 6.92 Å². The first kappa shape index (κ1) is 19.1. The maximum atomic E-state index is 12.0. The molecule has 2 rings (SSSR count). The Labute approximate surface area is 156 Å². The van der Waals surface area contributed by atoms with Gasteiger partial charge in [0.05, 0.1) is 17.4 Å². The van der Waals surface area contributed by atoms with Gasteiger partial charge in [0.1, 0.15) is 5.75 Å². The summed E-state index contributed by atoms with van der Waals surface area (Å²) < 4.78 is 5.56. The van der Waals surface area contributed by atoms with Crippen LogP contribution >= 0.6 is 23.4 Å². The maximum Gasteiger partial charge on any atom is 0.234 e. The number of benzene rings is 2. The molecule has 0 unspecified atom stereocenters. The van der Waals surface area contributed by atoms with E-state index in [2.05, 4.69) is 10.6 Å². The highest BCUT2D eigenvalue weighted by Gasteiger charge is 2.05. The van der Waals surface area contributed by atoms with E-state index >= 15 is 0 Å². The van der Waals surface area contributed by atoms with Crippen molar-refractivity contribution >= 4 is 46.6 Å². The molecule has 5 nitrogen and oxygen atoms in total. The topological polar surface area (TPSA) is 67.4 Å². The Morgan fingerprint density at radius 3 is 2.52 bits per heavy atom. The van der Waals surface area contributed by atoms with Crippen LogP contribution in [0.4, 0.5) is 11.4 Å². The minimum Gasteiger partial charge on any atom is -0.491 e. The number of ether oxygens (including phenoxy) is 1. The van der Waals surface area contributed by atoms with Gasteiger partial charge in [0.25, 0.3) is 0 Å². The summed E-state index contributed by atoms with van der Waals surface area (Å²) in [6, 6.07) is 14.3. The zero-order valence-electron chi connectivity index (χ0n) is 13.8. The van der Waals surface area contributed by atoms with E-state index in [1.54, 1.807) is 30.3 Å². The van der Waals surface area contributed by atoms with Crippen LogP contribution in [0, 0.1) is 0 Å². The van der Waals surface area contributed by atoms with Gasteiger partial charge in [-0.2, -0.15) is 0 Å². The third-order valence-electron chi connectivity index (χ3n) is 3.02. The predicted molar refractivity (Wildman–Crippen MR) is 104 cm³/mol. The predicted octanol–water partition coefficient (Wildman–Crippen LogP) is 4.05. The van der Waals surface area contributed by atoms with Crippen LogP contribution in [0.25, 0.3) is 0 Å². The Bertz CT molecular complexity index is 740. The SMILES string of the molecule is CC(=O)Nc1cccc(NC(=O)CSCCOc2ccccc2Cl)c1. The van der Waals surface area contributed by atoms with Crippen molar-refractivity contribution in [3.8, 4) is 5.75 Å². The molecule has 0 heterocycles. The summed E-state index contributed by atoms with van der Waals surface area (Å²) in [5, 5.41) is 6.05. The second-order valence-corrected chi connectivity index (χ2v) is 6.65. The van der Waals surface area contributed by atoms with Crippen molar-refractivity contribution in [1.82, 2.24) is 0 Å². The molecule has 0 aliphatic heterocycles. The van der Waals surface area contributed by atoms with Crippen LogP contribution in [0.5, 0.6) is 5.75 Å². The Morgan fingerprint density at radius 2 is 1.80 bits per heavy atom. The Hall–Kier alpha value is -2.18. The minimum atomic E-state index is -0.155. The molecule has 2 N–H and O–H groups in total. The van der Waals surface area contributed by atoms with Crippen molar-refractivity contribution in [1.29, 1.82) is 0 Å². The molecule has 2 aromatic rings. The number of thioether (sulfide) groups is 1. The quantitative estimate of drug-likeness (QED) is 0.680.